The predicted octanol–water partition coefficient (Wildman–Crippen LogP) is 2.28. The van der Waals surface area contributed by atoms with E-state index in [1.54, 1.807) is 0 Å². The number of halogens is 4. The summed E-state index contributed by atoms with van der Waals surface area (Å²) in [5, 5.41) is 18.7. The average molecular weight is 270 g/mol. The largest absolute Gasteiger partial charge is 0.507 e. The fraction of sp³-hybridized carbons (Fsp3) is 0.400. The van der Waals surface area contributed by atoms with Crippen LogP contribution in [0.4, 0.5) is 13.2 Å². The number of aryl methyl sites for hydroxylation is 1. The highest BCUT2D eigenvalue weighted by molar-refractivity contribution is 6.30. The van der Waals surface area contributed by atoms with Crippen LogP contribution in [0.3, 0.4) is 0 Å². The third kappa shape index (κ3) is 3.02. The minimum atomic E-state index is -4.86. The number of aliphatic hydroxyl groups is 1. The molecule has 96 valence electrons. The first-order valence-electron chi connectivity index (χ1n) is 4.64. The molecule has 1 aromatic rings. The lowest BCUT2D eigenvalue weighted by atomic mass is 9.98. The summed E-state index contributed by atoms with van der Waals surface area (Å²) in [6, 6.07) is 0.698. The van der Waals surface area contributed by atoms with Crippen LogP contribution in [-0.4, -0.2) is 22.5 Å². The van der Waals surface area contributed by atoms with E-state index in [1.165, 1.54) is 13.0 Å². The molecular formula is C10H11ClF3NO2. The van der Waals surface area contributed by atoms with Gasteiger partial charge in [0.05, 0.1) is 6.04 Å². The Hall–Kier alpha value is -0.980. The molecule has 0 fully saturated rings. The molecule has 1 rings (SSSR count). The van der Waals surface area contributed by atoms with E-state index < -0.39 is 24.1 Å². The minimum Gasteiger partial charge on any atom is -0.507 e. The zero-order valence-electron chi connectivity index (χ0n) is 8.79. The average Bonchev–Trinajstić information content (AvgIpc) is 2.20. The van der Waals surface area contributed by atoms with Gasteiger partial charge in [0.15, 0.2) is 6.10 Å². The molecule has 0 aliphatic heterocycles. The predicted molar refractivity (Wildman–Crippen MR) is 56.8 cm³/mol. The van der Waals surface area contributed by atoms with Crippen molar-refractivity contribution in [3.63, 3.8) is 0 Å². The molecule has 0 radical (unpaired) electrons. The number of alkyl halides is 3. The van der Waals surface area contributed by atoms with Gasteiger partial charge in [-0.05, 0) is 24.6 Å². The van der Waals surface area contributed by atoms with Crippen molar-refractivity contribution in [3.8, 4) is 5.75 Å². The third-order valence-electron chi connectivity index (χ3n) is 2.33. The van der Waals surface area contributed by atoms with Crippen LogP contribution in [0.15, 0.2) is 12.1 Å². The molecule has 0 saturated heterocycles. The first-order chi connectivity index (χ1) is 7.64. The van der Waals surface area contributed by atoms with Crippen molar-refractivity contribution in [2.24, 2.45) is 5.73 Å². The van der Waals surface area contributed by atoms with E-state index in [2.05, 4.69) is 0 Å². The van der Waals surface area contributed by atoms with E-state index >= 15 is 0 Å². The molecule has 0 saturated carbocycles. The molecule has 0 aliphatic carbocycles. The van der Waals surface area contributed by atoms with Crippen LogP contribution in [-0.2, 0) is 0 Å². The number of aromatic hydroxyl groups is 1. The van der Waals surface area contributed by atoms with Crippen molar-refractivity contribution in [1.82, 2.24) is 0 Å². The molecule has 1 aromatic carbocycles. The lowest BCUT2D eigenvalue weighted by Crippen LogP contribution is -2.38. The van der Waals surface area contributed by atoms with Crippen LogP contribution in [0.2, 0.25) is 5.02 Å². The fourth-order valence-corrected chi connectivity index (χ4v) is 1.67. The van der Waals surface area contributed by atoms with Gasteiger partial charge in [0, 0.05) is 10.6 Å². The van der Waals surface area contributed by atoms with Gasteiger partial charge in [0.1, 0.15) is 5.75 Å². The van der Waals surface area contributed by atoms with Crippen molar-refractivity contribution in [2.45, 2.75) is 25.2 Å². The Morgan fingerprint density at radius 3 is 2.35 bits per heavy atom. The van der Waals surface area contributed by atoms with E-state index in [1.807, 2.05) is 0 Å². The van der Waals surface area contributed by atoms with Crippen molar-refractivity contribution in [3.05, 3.63) is 28.3 Å². The molecule has 2 atom stereocenters. The maximum absolute atomic E-state index is 12.3. The zero-order chi connectivity index (χ0) is 13.4. The molecule has 0 heterocycles. The lowest BCUT2D eigenvalue weighted by molar-refractivity contribution is -0.210. The zero-order valence-corrected chi connectivity index (χ0v) is 9.55. The van der Waals surface area contributed by atoms with E-state index in [-0.39, 0.29) is 16.1 Å². The van der Waals surface area contributed by atoms with Crippen LogP contribution in [0.5, 0.6) is 5.75 Å². The Bertz CT molecular complexity index is 423. The standard InChI is InChI=1S/C10H11ClF3NO2/c1-4-2-5(11)3-6(8(4)16)7(15)9(17)10(12,13)14/h2-3,7,9,16-17H,15H2,1H3/t7-,9-/m1/s1. The highest BCUT2D eigenvalue weighted by Gasteiger charge is 2.43. The number of benzene rings is 1. The first kappa shape index (κ1) is 14.1. The van der Waals surface area contributed by atoms with Gasteiger partial charge in [-0.1, -0.05) is 11.6 Å². The number of nitrogens with two attached hydrogens (primary N) is 1. The Balaban J connectivity index is 3.17. The molecule has 0 unspecified atom stereocenters. The number of hydrogen-bond acceptors (Lipinski definition) is 3. The Kier molecular flexibility index (Phi) is 3.91. The minimum absolute atomic E-state index is 0.139. The maximum atomic E-state index is 12.3. The maximum Gasteiger partial charge on any atom is 0.416 e. The molecule has 3 nitrogen and oxygen atoms in total. The Morgan fingerprint density at radius 1 is 1.35 bits per heavy atom. The van der Waals surface area contributed by atoms with Crippen LogP contribution in [0.25, 0.3) is 0 Å². The second-order valence-corrected chi connectivity index (χ2v) is 4.11. The van der Waals surface area contributed by atoms with E-state index in [9.17, 15) is 18.3 Å². The summed E-state index contributed by atoms with van der Waals surface area (Å²) in [4.78, 5) is 0. The monoisotopic (exact) mass is 269 g/mol. The molecule has 0 aromatic heterocycles. The number of aliphatic hydroxyl groups excluding tert-OH is 1. The van der Waals surface area contributed by atoms with Gasteiger partial charge < -0.3 is 15.9 Å². The summed E-state index contributed by atoms with van der Waals surface area (Å²) >= 11 is 5.66. The summed E-state index contributed by atoms with van der Waals surface area (Å²) in [5.74, 6) is -0.398. The van der Waals surface area contributed by atoms with Gasteiger partial charge in [-0.15, -0.1) is 0 Å². The molecule has 0 bridgehead atoms. The van der Waals surface area contributed by atoms with Crippen molar-refractivity contribution < 1.29 is 23.4 Å². The summed E-state index contributed by atoms with van der Waals surface area (Å²) < 4.78 is 36.8. The first-order valence-corrected chi connectivity index (χ1v) is 5.01. The molecule has 17 heavy (non-hydrogen) atoms. The molecule has 0 amide bonds. The molecule has 0 spiro atoms. The van der Waals surface area contributed by atoms with Crippen LogP contribution < -0.4 is 5.73 Å². The number of hydrogen-bond donors (Lipinski definition) is 3. The van der Waals surface area contributed by atoms with Gasteiger partial charge in [-0.25, -0.2) is 0 Å². The Labute approximate surface area is 101 Å². The van der Waals surface area contributed by atoms with E-state index in [4.69, 9.17) is 22.4 Å². The van der Waals surface area contributed by atoms with Gasteiger partial charge in [0.2, 0.25) is 0 Å². The highest BCUT2D eigenvalue weighted by atomic mass is 35.5. The summed E-state index contributed by atoms with van der Waals surface area (Å²) in [7, 11) is 0. The molecule has 0 aliphatic rings. The van der Waals surface area contributed by atoms with Gasteiger partial charge >= 0.3 is 6.18 Å². The summed E-state index contributed by atoms with van der Waals surface area (Å²) in [6.45, 7) is 1.47. The third-order valence-corrected chi connectivity index (χ3v) is 2.55. The summed E-state index contributed by atoms with van der Waals surface area (Å²) in [5.41, 5.74) is 5.33. The van der Waals surface area contributed by atoms with Crippen molar-refractivity contribution in [1.29, 1.82) is 0 Å². The second-order valence-electron chi connectivity index (χ2n) is 3.67. The number of phenolic OH excluding ortho intramolecular Hbond substituents is 1. The Morgan fingerprint density at radius 2 is 1.88 bits per heavy atom. The SMILES string of the molecule is Cc1cc(Cl)cc([C@@H](N)[C@@H](O)C(F)(F)F)c1O. The van der Waals surface area contributed by atoms with Gasteiger partial charge in [-0.3, -0.25) is 0 Å². The quantitative estimate of drug-likeness (QED) is 0.772. The van der Waals surface area contributed by atoms with E-state index in [0.717, 1.165) is 6.07 Å². The van der Waals surface area contributed by atoms with Crippen molar-refractivity contribution in [2.75, 3.05) is 0 Å². The van der Waals surface area contributed by atoms with Crippen LogP contribution >= 0.6 is 11.6 Å². The van der Waals surface area contributed by atoms with Gasteiger partial charge in [-0.2, -0.15) is 13.2 Å². The summed E-state index contributed by atoms with van der Waals surface area (Å²) in [6.07, 6.45) is -7.62. The van der Waals surface area contributed by atoms with Crippen LogP contribution in [0, 0.1) is 6.92 Å². The fourth-order valence-electron chi connectivity index (χ4n) is 1.39. The number of phenols is 1. The second kappa shape index (κ2) is 4.72. The highest BCUT2D eigenvalue weighted by Crippen LogP contribution is 2.35. The van der Waals surface area contributed by atoms with Gasteiger partial charge in [0.25, 0.3) is 0 Å². The number of rotatable bonds is 2. The molecular weight excluding hydrogens is 259 g/mol. The van der Waals surface area contributed by atoms with Crippen molar-refractivity contribution >= 4 is 11.6 Å². The van der Waals surface area contributed by atoms with E-state index in [0.29, 0.717) is 0 Å². The lowest BCUT2D eigenvalue weighted by Gasteiger charge is -2.23. The smallest absolute Gasteiger partial charge is 0.416 e. The van der Waals surface area contributed by atoms with Crippen LogP contribution in [0.1, 0.15) is 17.2 Å². The molecule has 7 heteroatoms. The molecule has 4 N–H and O–H groups in total. The normalized spacial score (nSPS) is 15.7. The topological polar surface area (TPSA) is 66.5 Å².